The first-order valence-electron chi connectivity index (χ1n) is 5.04. The highest BCUT2D eigenvalue weighted by Crippen LogP contribution is 2.15. The van der Waals surface area contributed by atoms with Gasteiger partial charge in [-0.1, -0.05) is 15.9 Å². The summed E-state index contributed by atoms with van der Waals surface area (Å²) in [7, 11) is 0. The van der Waals surface area contributed by atoms with Crippen molar-refractivity contribution < 1.29 is 9.18 Å². The Morgan fingerprint density at radius 1 is 1.50 bits per heavy atom. The van der Waals surface area contributed by atoms with Gasteiger partial charge in [0.25, 0.3) is 0 Å². The molecule has 0 atom stereocenters. The van der Waals surface area contributed by atoms with Crippen LogP contribution in [0.4, 0.5) is 4.39 Å². The van der Waals surface area contributed by atoms with Crippen molar-refractivity contribution in [3.63, 3.8) is 0 Å². The molecule has 0 saturated carbocycles. The Kier molecular flexibility index (Phi) is 5.42. The standard InChI is InChI=1S/C11H14BrFN2O/c1-2-15-11(16)7-14-6-8-5-9(12)3-4-10(8)13/h3-5,14H,2,6-7H2,1H3,(H,15,16). The van der Waals surface area contributed by atoms with Gasteiger partial charge in [-0.3, -0.25) is 4.79 Å². The van der Waals surface area contributed by atoms with Gasteiger partial charge in [0.15, 0.2) is 0 Å². The van der Waals surface area contributed by atoms with E-state index in [0.717, 1.165) is 4.47 Å². The fourth-order valence-corrected chi connectivity index (χ4v) is 1.66. The van der Waals surface area contributed by atoms with E-state index in [4.69, 9.17) is 0 Å². The normalized spacial score (nSPS) is 10.2. The van der Waals surface area contributed by atoms with Crippen LogP contribution in [0.2, 0.25) is 0 Å². The smallest absolute Gasteiger partial charge is 0.233 e. The van der Waals surface area contributed by atoms with Crippen molar-refractivity contribution in [2.24, 2.45) is 0 Å². The van der Waals surface area contributed by atoms with Crippen molar-refractivity contribution in [3.05, 3.63) is 34.1 Å². The molecule has 3 nitrogen and oxygen atoms in total. The van der Waals surface area contributed by atoms with E-state index >= 15 is 0 Å². The maximum atomic E-state index is 13.3. The van der Waals surface area contributed by atoms with E-state index in [9.17, 15) is 9.18 Å². The zero-order chi connectivity index (χ0) is 12.0. The zero-order valence-corrected chi connectivity index (χ0v) is 10.6. The van der Waals surface area contributed by atoms with Gasteiger partial charge in [-0.25, -0.2) is 4.39 Å². The molecule has 0 aromatic heterocycles. The topological polar surface area (TPSA) is 41.1 Å². The summed E-state index contributed by atoms with van der Waals surface area (Å²) in [4.78, 5) is 11.1. The maximum absolute atomic E-state index is 13.3. The Balaban J connectivity index is 2.42. The molecule has 0 unspecified atom stereocenters. The minimum absolute atomic E-state index is 0.0853. The van der Waals surface area contributed by atoms with Crippen LogP contribution in [-0.4, -0.2) is 19.0 Å². The zero-order valence-electron chi connectivity index (χ0n) is 9.02. The van der Waals surface area contributed by atoms with Crippen molar-refractivity contribution in [3.8, 4) is 0 Å². The second-order valence-electron chi connectivity index (χ2n) is 3.29. The van der Waals surface area contributed by atoms with Crippen molar-refractivity contribution in [2.45, 2.75) is 13.5 Å². The highest BCUT2D eigenvalue weighted by atomic mass is 79.9. The van der Waals surface area contributed by atoms with Crippen LogP contribution in [0.1, 0.15) is 12.5 Å². The summed E-state index contributed by atoms with van der Waals surface area (Å²) in [6.45, 7) is 2.99. The van der Waals surface area contributed by atoms with Gasteiger partial charge in [0.1, 0.15) is 5.82 Å². The predicted molar refractivity (Wildman–Crippen MR) is 64.5 cm³/mol. The molecule has 1 aromatic rings. The van der Waals surface area contributed by atoms with Crippen LogP contribution >= 0.6 is 15.9 Å². The Labute approximate surface area is 103 Å². The molecule has 1 aromatic carbocycles. The summed E-state index contributed by atoms with van der Waals surface area (Å²) in [6.07, 6.45) is 0. The van der Waals surface area contributed by atoms with E-state index in [1.165, 1.54) is 6.07 Å². The molecule has 0 aliphatic heterocycles. The van der Waals surface area contributed by atoms with Gasteiger partial charge in [0.05, 0.1) is 6.54 Å². The first-order chi connectivity index (χ1) is 7.63. The van der Waals surface area contributed by atoms with Gasteiger partial charge in [-0.05, 0) is 25.1 Å². The number of carbonyl (C=O) groups is 1. The van der Waals surface area contributed by atoms with Crippen molar-refractivity contribution in [1.29, 1.82) is 0 Å². The number of carbonyl (C=O) groups excluding carboxylic acids is 1. The third-order valence-corrected chi connectivity index (χ3v) is 2.48. The monoisotopic (exact) mass is 288 g/mol. The third-order valence-electron chi connectivity index (χ3n) is 1.98. The van der Waals surface area contributed by atoms with Crippen LogP contribution in [-0.2, 0) is 11.3 Å². The molecule has 88 valence electrons. The second-order valence-corrected chi connectivity index (χ2v) is 4.21. The number of hydrogen-bond acceptors (Lipinski definition) is 2. The Morgan fingerprint density at radius 3 is 2.94 bits per heavy atom. The SMILES string of the molecule is CCNC(=O)CNCc1cc(Br)ccc1F. The summed E-state index contributed by atoms with van der Waals surface area (Å²) in [6, 6.07) is 4.73. The van der Waals surface area contributed by atoms with E-state index in [2.05, 4.69) is 26.6 Å². The first-order valence-corrected chi connectivity index (χ1v) is 5.84. The number of amides is 1. The van der Waals surface area contributed by atoms with E-state index in [1.54, 1.807) is 12.1 Å². The second kappa shape index (κ2) is 6.60. The fraction of sp³-hybridized carbons (Fsp3) is 0.364. The summed E-state index contributed by atoms with van der Waals surface area (Å²) in [5.74, 6) is -0.357. The molecule has 0 saturated heterocycles. The van der Waals surface area contributed by atoms with Gasteiger partial charge in [0, 0.05) is 23.1 Å². The Morgan fingerprint density at radius 2 is 2.25 bits per heavy atom. The average molecular weight is 289 g/mol. The lowest BCUT2D eigenvalue weighted by Gasteiger charge is -2.06. The van der Waals surface area contributed by atoms with E-state index in [-0.39, 0.29) is 18.3 Å². The largest absolute Gasteiger partial charge is 0.355 e. The Bertz CT molecular complexity index is 371. The van der Waals surface area contributed by atoms with Crippen LogP contribution in [0.25, 0.3) is 0 Å². The van der Waals surface area contributed by atoms with Gasteiger partial charge in [-0.2, -0.15) is 0 Å². The number of nitrogens with one attached hydrogen (secondary N) is 2. The van der Waals surface area contributed by atoms with E-state index < -0.39 is 0 Å². The van der Waals surface area contributed by atoms with Crippen LogP contribution in [0.15, 0.2) is 22.7 Å². The molecule has 0 bridgehead atoms. The van der Waals surface area contributed by atoms with Crippen molar-refractivity contribution >= 4 is 21.8 Å². The summed E-state index contributed by atoms with van der Waals surface area (Å²) in [5, 5.41) is 5.53. The predicted octanol–water partition coefficient (Wildman–Crippen LogP) is 1.81. The number of benzene rings is 1. The Hall–Kier alpha value is -0.940. The molecule has 16 heavy (non-hydrogen) atoms. The van der Waals surface area contributed by atoms with Crippen LogP contribution < -0.4 is 10.6 Å². The van der Waals surface area contributed by atoms with Crippen LogP contribution in [0.5, 0.6) is 0 Å². The maximum Gasteiger partial charge on any atom is 0.233 e. The van der Waals surface area contributed by atoms with Gasteiger partial charge in [0.2, 0.25) is 5.91 Å². The number of halogens is 2. The lowest BCUT2D eigenvalue weighted by atomic mass is 10.2. The van der Waals surface area contributed by atoms with Crippen molar-refractivity contribution in [2.75, 3.05) is 13.1 Å². The lowest BCUT2D eigenvalue weighted by molar-refractivity contribution is -0.120. The van der Waals surface area contributed by atoms with Gasteiger partial charge < -0.3 is 10.6 Å². The minimum Gasteiger partial charge on any atom is -0.355 e. The molecule has 0 aliphatic rings. The third kappa shape index (κ3) is 4.28. The van der Waals surface area contributed by atoms with Crippen molar-refractivity contribution in [1.82, 2.24) is 10.6 Å². The number of likely N-dealkylation sites (N-methyl/N-ethyl adjacent to an activating group) is 1. The fourth-order valence-electron chi connectivity index (χ4n) is 1.25. The number of rotatable bonds is 5. The summed E-state index contributed by atoms with van der Waals surface area (Å²) < 4.78 is 14.1. The average Bonchev–Trinajstić information content (AvgIpc) is 2.23. The lowest BCUT2D eigenvalue weighted by Crippen LogP contribution is -2.33. The molecular weight excluding hydrogens is 275 g/mol. The highest BCUT2D eigenvalue weighted by molar-refractivity contribution is 9.10. The summed E-state index contributed by atoms with van der Waals surface area (Å²) in [5.41, 5.74) is 0.540. The molecule has 0 heterocycles. The highest BCUT2D eigenvalue weighted by Gasteiger charge is 2.03. The summed E-state index contributed by atoms with van der Waals surface area (Å²) >= 11 is 3.27. The molecule has 5 heteroatoms. The molecular formula is C11H14BrFN2O. The molecule has 0 fully saturated rings. The van der Waals surface area contributed by atoms with Gasteiger partial charge in [-0.15, -0.1) is 0 Å². The first kappa shape index (κ1) is 13.1. The van der Waals surface area contributed by atoms with Crippen LogP contribution in [0, 0.1) is 5.82 Å². The minimum atomic E-state index is -0.272. The van der Waals surface area contributed by atoms with Gasteiger partial charge >= 0.3 is 0 Å². The molecule has 1 amide bonds. The number of hydrogen-bond donors (Lipinski definition) is 2. The van der Waals surface area contributed by atoms with E-state index in [1.807, 2.05) is 6.92 Å². The quantitative estimate of drug-likeness (QED) is 0.868. The molecule has 0 radical (unpaired) electrons. The van der Waals surface area contributed by atoms with E-state index in [0.29, 0.717) is 18.7 Å². The van der Waals surface area contributed by atoms with Crippen LogP contribution in [0.3, 0.4) is 0 Å². The molecule has 2 N–H and O–H groups in total. The molecule has 1 rings (SSSR count). The molecule has 0 spiro atoms. The molecule has 0 aliphatic carbocycles.